The van der Waals surface area contributed by atoms with Crippen LogP contribution in [0, 0.1) is 0 Å². The number of carbonyl (C=O) groups is 2. The van der Waals surface area contributed by atoms with Crippen molar-refractivity contribution in [3.8, 4) is 34.1 Å². The van der Waals surface area contributed by atoms with Crippen LogP contribution in [0.25, 0.3) is 32.7 Å². The van der Waals surface area contributed by atoms with E-state index in [1.807, 2.05) is 0 Å². The molecule has 24 heteroatoms. The van der Waals surface area contributed by atoms with E-state index < -0.39 is 76.2 Å². The molecule has 0 aliphatic carbocycles. The Hall–Kier alpha value is -5.52. The molecule has 0 aliphatic rings. The van der Waals surface area contributed by atoms with Crippen LogP contribution in [-0.4, -0.2) is 37.8 Å². The summed E-state index contributed by atoms with van der Waals surface area (Å²) >= 11 is 0. The molecule has 0 bridgehead atoms. The molecule has 8 aromatic rings. The van der Waals surface area contributed by atoms with Crippen molar-refractivity contribution in [3.05, 3.63) is 157 Å². The molecule has 2 amide bonds. The molecule has 0 spiro atoms. The van der Waals surface area contributed by atoms with Crippen molar-refractivity contribution in [1.29, 1.82) is 0 Å². The first kappa shape index (κ1) is 57.1. The molecule has 70 heavy (non-hydrogen) atoms. The molecule has 0 atom stereocenters. The number of hydrogen-bond acceptors (Lipinski definition) is 16. The van der Waals surface area contributed by atoms with Gasteiger partial charge in [0.2, 0.25) is 0 Å². The van der Waals surface area contributed by atoms with Crippen molar-refractivity contribution in [2.75, 3.05) is 10.6 Å². The van der Waals surface area contributed by atoms with Crippen LogP contribution in [0.3, 0.4) is 0 Å². The largest absolute Gasteiger partial charge is 2.00 e. The van der Waals surface area contributed by atoms with E-state index in [1.54, 1.807) is 60.7 Å². The van der Waals surface area contributed by atoms with Crippen molar-refractivity contribution in [3.63, 3.8) is 0 Å². The summed E-state index contributed by atoms with van der Waals surface area (Å²) in [4.78, 5) is 23.2. The average Bonchev–Trinajstić information content (AvgIpc) is 3.28. The number of anilines is 2. The number of carbonyl (C=O) groups excluding carboxylic acids is 2. The zero-order valence-electron chi connectivity index (χ0n) is 36.0. The summed E-state index contributed by atoms with van der Waals surface area (Å²) in [5.41, 5.74) is -1.01. The van der Waals surface area contributed by atoms with Crippen LogP contribution in [-0.2, 0) is 54.4 Å². The van der Waals surface area contributed by atoms with Crippen molar-refractivity contribution in [1.82, 2.24) is 0 Å². The predicted molar refractivity (Wildman–Crippen MR) is 231 cm³/mol. The van der Waals surface area contributed by atoms with Gasteiger partial charge in [0.25, 0.3) is 11.8 Å². The summed E-state index contributed by atoms with van der Waals surface area (Å²) in [6.07, 6.45) is 0. The van der Waals surface area contributed by atoms with Crippen LogP contribution in [0.1, 0.15) is 20.7 Å². The topological polar surface area (TPSA) is 314 Å². The number of amides is 2. The van der Waals surface area contributed by atoms with E-state index in [-0.39, 0.29) is 149 Å². The number of benzene rings is 8. The molecular formula is C46H26Cu2N6Na2O12S2. The minimum Gasteiger partial charge on any atom is -0.871 e. The van der Waals surface area contributed by atoms with E-state index in [2.05, 4.69) is 31.1 Å². The maximum Gasteiger partial charge on any atom is 2.00 e. The fraction of sp³-hybridized carbons (Fsp3) is 0. The molecule has 0 saturated carbocycles. The molecule has 0 aromatic heterocycles. The molecule has 0 aliphatic heterocycles. The van der Waals surface area contributed by atoms with Gasteiger partial charge in [-0.2, -0.15) is 10.2 Å². The molecule has 0 unspecified atom stereocenters. The molecule has 0 heterocycles. The minimum absolute atomic E-state index is 0. The summed E-state index contributed by atoms with van der Waals surface area (Å²) in [5.74, 6) is -4.52. The average molecular weight is 1090 g/mol. The van der Waals surface area contributed by atoms with Gasteiger partial charge in [0, 0.05) is 22.5 Å². The Morgan fingerprint density at radius 3 is 1.13 bits per heavy atom. The van der Waals surface area contributed by atoms with E-state index >= 15 is 0 Å². The fourth-order valence-corrected chi connectivity index (χ4v) is 8.03. The van der Waals surface area contributed by atoms with E-state index in [4.69, 9.17) is 0 Å². The van der Waals surface area contributed by atoms with Gasteiger partial charge in [-0.1, -0.05) is 95.8 Å². The number of nitrogens with one attached hydrogen (secondary N) is 2. The third-order valence-electron chi connectivity index (χ3n) is 9.96. The van der Waals surface area contributed by atoms with Crippen LogP contribution in [0.5, 0.6) is 23.0 Å². The van der Waals surface area contributed by atoms with E-state index in [9.17, 15) is 56.0 Å². The Morgan fingerprint density at radius 1 is 0.443 bits per heavy atom. The maximum atomic E-state index is 13.5. The predicted octanol–water partition coefficient (Wildman–Crippen LogP) is 1.10. The molecule has 2 radical (unpaired) electrons. The van der Waals surface area contributed by atoms with E-state index in [0.29, 0.717) is 11.1 Å². The first-order valence-corrected chi connectivity index (χ1v) is 21.9. The molecule has 18 nitrogen and oxygen atoms in total. The van der Waals surface area contributed by atoms with Crippen LogP contribution in [0.4, 0.5) is 34.1 Å². The van der Waals surface area contributed by atoms with Gasteiger partial charge in [-0.15, -0.1) is 10.2 Å². The van der Waals surface area contributed by atoms with Crippen LogP contribution in [0.15, 0.2) is 176 Å². The van der Waals surface area contributed by atoms with Crippen LogP contribution in [0.2, 0.25) is 0 Å². The summed E-state index contributed by atoms with van der Waals surface area (Å²) in [6, 6.07) is 33.4. The smallest absolute Gasteiger partial charge is 0.871 e. The zero-order valence-corrected chi connectivity index (χ0v) is 43.5. The second-order valence-electron chi connectivity index (χ2n) is 14.3. The van der Waals surface area contributed by atoms with Gasteiger partial charge in [-0.05, 0) is 105 Å². The molecular weight excluding hydrogens is 1070 g/mol. The Labute approximate surface area is 464 Å². The van der Waals surface area contributed by atoms with Gasteiger partial charge in [0.05, 0.1) is 32.5 Å². The fourth-order valence-electron chi connectivity index (χ4n) is 6.75. The Kier molecular flexibility index (Phi) is 19.2. The maximum absolute atomic E-state index is 13.5. The first-order chi connectivity index (χ1) is 31.4. The summed E-state index contributed by atoms with van der Waals surface area (Å²) in [7, 11) is -10.6. The van der Waals surface area contributed by atoms with Crippen molar-refractivity contribution in [2.45, 2.75) is 9.79 Å². The second kappa shape index (κ2) is 23.6. The number of rotatable bonds is 11. The molecule has 0 fully saturated rings. The van der Waals surface area contributed by atoms with Crippen molar-refractivity contribution >= 4 is 87.7 Å². The number of nitrogens with zero attached hydrogens (tertiary/aromatic N) is 4. The Balaban J connectivity index is 0.00000266. The molecule has 348 valence electrons. The molecule has 2 N–H and O–H groups in total. The van der Waals surface area contributed by atoms with Gasteiger partial charge in [0.15, 0.2) is 0 Å². The third-order valence-corrected chi connectivity index (χ3v) is 11.7. The Morgan fingerprint density at radius 2 is 0.800 bits per heavy atom. The normalized spacial score (nSPS) is 11.3. The molecule has 8 rings (SSSR count). The van der Waals surface area contributed by atoms with Gasteiger partial charge in [-0.25, -0.2) is 16.8 Å². The Bertz CT molecular complexity index is 3360. The quantitative estimate of drug-likeness (QED) is 0.105. The van der Waals surface area contributed by atoms with E-state index in [0.717, 1.165) is 24.3 Å². The monoisotopic (exact) mass is 1090 g/mol. The standard InChI is InChI=1S/C46H32N6O12S2.2Cu.2Na/c53-37-21-27(11-17-35(37)49-51-41-39(65(59,60)61)23-29-19-31(13-15-33(29)43(41)55)47-45(57)25-7-3-1-4-8-25)28-12-18-36(38(54)22-28)50-52-42-40(66(62,63)64)24-30-20-32(14-16-34(30)44(42)56)48-46(58)26-9-5-2-6-10-26;;;;/h1-24,53-56H,(H,47,57)(H,48,58)(H,59,60,61)(H,62,63,64);;;;/q;2*+2;2*+1/p-6. The van der Waals surface area contributed by atoms with Crippen molar-refractivity contribution < 1.29 is 149 Å². The van der Waals surface area contributed by atoms with E-state index in [1.165, 1.54) is 60.7 Å². The number of fused-ring (bicyclic) bond motifs is 2. The first-order valence-electron chi connectivity index (χ1n) is 19.1. The molecule has 0 saturated heterocycles. The SMILES string of the molecule is O=C(Nc1ccc2c([O-])c(N=Nc3ccc(-c4ccc(N=Nc5c(S(=O)(=O)[O-])cc6cc(NC(=O)c7ccccc7)ccc6c5[O-])c([O-])c4)cc3[O-])c(S(=O)(=O)[O-])cc2c1)c1ccccc1.[Cu+2].[Cu+2].[Na+].[Na+]. The number of hydrogen-bond donors (Lipinski definition) is 2. The van der Waals surface area contributed by atoms with Gasteiger partial charge in [0.1, 0.15) is 20.2 Å². The van der Waals surface area contributed by atoms with Crippen LogP contribution < -0.4 is 90.2 Å². The van der Waals surface area contributed by atoms with Gasteiger partial charge >= 0.3 is 93.3 Å². The van der Waals surface area contributed by atoms with Gasteiger partial charge in [-0.3, -0.25) is 9.59 Å². The minimum atomic E-state index is -5.32. The zero-order chi connectivity index (χ0) is 46.9. The number of azo groups is 2. The van der Waals surface area contributed by atoms with Gasteiger partial charge < -0.3 is 40.2 Å². The van der Waals surface area contributed by atoms with Crippen molar-refractivity contribution in [2.24, 2.45) is 20.5 Å². The molecule has 8 aromatic carbocycles. The summed E-state index contributed by atoms with van der Waals surface area (Å²) in [6.45, 7) is 0. The second-order valence-corrected chi connectivity index (χ2v) is 17.0. The van der Waals surface area contributed by atoms with Crippen LogP contribution >= 0.6 is 0 Å². The summed E-state index contributed by atoms with van der Waals surface area (Å²) in [5, 5.41) is 73.3. The summed E-state index contributed by atoms with van der Waals surface area (Å²) < 4.78 is 73.8. The third kappa shape index (κ3) is 12.7.